The van der Waals surface area contributed by atoms with Gasteiger partial charge in [-0.1, -0.05) is 0 Å². The maximum absolute atomic E-state index is 12.0. The summed E-state index contributed by atoms with van der Waals surface area (Å²) in [5, 5.41) is 16.0. The van der Waals surface area contributed by atoms with Crippen molar-refractivity contribution in [2.45, 2.75) is 19.9 Å². The number of thiophene rings is 1. The Labute approximate surface area is 113 Å². The molecule has 2 aromatic heterocycles. The van der Waals surface area contributed by atoms with Crippen LogP contribution >= 0.6 is 11.3 Å². The molecule has 2 rings (SSSR count). The summed E-state index contributed by atoms with van der Waals surface area (Å²) in [5.41, 5.74) is 0.114. The lowest BCUT2D eigenvalue weighted by Gasteiger charge is -2.12. The minimum atomic E-state index is -1.05. The summed E-state index contributed by atoms with van der Waals surface area (Å²) in [6.45, 7) is 3.49. The zero-order valence-corrected chi connectivity index (χ0v) is 11.3. The number of carboxylic acid groups (broad SMARTS) is 1. The first-order valence-electron chi connectivity index (χ1n) is 5.62. The van der Waals surface area contributed by atoms with E-state index in [2.05, 4.69) is 10.4 Å². The average Bonchev–Trinajstić information content (AvgIpc) is 2.97. The number of carboxylic acids is 1. The van der Waals surface area contributed by atoms with Crippen LogP contribution in [0.2, 0.25) is 0 Å². The summed E-state index contributed by atoms with van der Waals surface area (Å²) >= 11 is 1.24. The first-order chi connectivity index (χ1) is 8.99. The van der Waals surface area contributed by atoms with Gasteiger partial charge < -0.3 is 10.4 Å². The van der Waals surface area contributed by atoms with Crippen LogP contribution in [0.3, 0.4) is 0 Å². The van der Waals surface area contributed by atoms with Gasteiger partial charge in [0.2, 0.25) is 5.91 Å². The molecule has 0 aliphatic rings. The van der Waals surface area contributed by atoms with Gasteiger partial charge in [0.25, 0.3) is 0 Å². The van der Waals surface area contributed by atoms with E-state index in [0.29, 0.717) is 5.00 Å². The van der Waals surface area contributed by atoms with Crippen LogP contribution in [-0.4, -0.2) is 26.8 Å². The summed E-state index contributed by atoms with van der Waals surface area (Å²) in [6.07, 6.45) is 3.27. The Balaban J connectivity index is 2.17. The third-order valence-electron chi connectivity index (χ3n) is 2.62. The minimum Gasteiger partial charge on any atom is -0.478 e. The van der Waals surface area contributed by atoms with Gasteiger partial charge in [-0.3, -0.25) is 9.48 Å². The topological polar surface area (TPSA) is 84.2 Å². The van der Waals surface area contributed by atoms with Gasteiger partial charge >= 0.3 is 5.97 Å². The Bertz CT molecular complexity index is 604. The number of nitrogens with zero attached hydrogens (tertiary/aromatic N) is 2. The van der Waals surface area contributed by atoms with Gasteiger partial charge in [-0.25, -0.2) is 4.79 Å². The third-order valence-corrected chi connectivity index (χ3v) is 3.59. The number of rotatable bonds is 4. The van der Waals surface area contributed by atoms with Crippen LogP contribution in [0.25, 0.3) is 0 Å². The Morgan fingerprint density at radius 3 is 2.84 bits per heavy atom. The fourth-order valence-corrected chi connectivity index (χ4v) is 2.52. The average molecular weight is 279 g/mol. The fraction of sp³-hybridized carbons (Fsp3) is 0.250. The van der Waals surface area contributed by atoms with Gasteiger partial charge in [0.15, 0.2) is 0 Å². The van der Waals surface area contributed by atoms with E-state index in [1.165, 1.54) is 16.0 Å². The second-order valence-electron chi connectivity index (χ2n) is 4.06. The second kappa shape index (κ2) is 5.23. The molecule has 0 saturated heterocycles. The number of carbonyl (C=O) groups excluding carboxylic acids is 1. The van der Waals surface area contributed by atoms with E-state index in [9.17, 15) is 9.59 Å². The lowest BCUT2D eigenvalue weighted by Crippen LogP contribution is -2.24. The van der Waals surface area contributed by atoms with Gasteiger partial charge in [0.05, 0.1) is 5.56 Å². The van der Waals surface area contributed by atoms with Crippen LogP contribution in [0.4, 0.5) is 5.00 Å². The van der Waals surface area contributed by atoms with Crippen LogP contribution in [0.5, 0.6) is 0 Å². The minimum absolute atomic E-state index is 0.114. The van der Waals surface area contributed by atoms with Crippen molar-refractivity contribution < 1.29 is 14.7 Å². The Morgan fingerprint density at radius 2 is 2.26 bits per heavy atom. The van der Waals surface area contributed by atoms with Crippen LogP contribution in [0.1, 0.15) is 28.2 Å². The van der Waals surface area contributed by atoms with E-state index in [4.69, 9.17) is 5.11 Å². The lowest BCUT2D eigenvalue weighted by molar-refractivity contribution is -0.119. The first kappa shape index (κ1) is 13.3. The van der Waals surface area contributed by atoms with Crippen LogP contribution < -0.4 is 5.32 Å². The van der Waals surface area contributed by atoms with Crippen LogP contribution in [0, 0.1) is 6.92 Å². The number of carbonyl (C=O) groups is 2. The normalized spacial score (nSPS) is 12.1. The van der Waals surface area contributed by atoms with Crippen molar-refractivity contribution in [3.63, 3.8) is 0 Å². The van der Waals surface area contributed by atoms with Crippen molar-refractivity contribution in [1.29, 1.82) is 0 Å². The van der Waals surface area contributed by atoms with Crippen molar-refractivity contribution in [2.75, 3.05) is 5.32 Å². The molecule has 0 saturated carbocycles. The number of hydrogen-bond acceptors (Lipinski definition) is 4. The molecule has 1 atom stereocenters. The summed E-state index contributed by atoms with van der Waals surface area (Å²) in [7, 11) is 0. The third kappa shape index (κ3) is 2.82. The molecule has 6 nitrogen and oxygen atoms in total. The number of amides is 1. The Kier molecular flexibility index (Phi) is 3.66. The first-order valence-corrected chi connectivity index (χ1v) is 6.44. The lowest BCUT2D eigenvalue weighted by atomic mass is 10.2. The van der Waals surface area contributed by atoms with E-state index in [-0.39, 0.29) is 11.5 Å². The summed E-state index contributed by atoms with van der Waals surface area (Å²) in [5.74, 6) is -1.35. The van der Waals surface area contributed by atoms with Crippen LogP contribution in [0.15, 0.2) is 24.5 Å². The van der Waals surface area contributed by atoms with Gasteiger partial charge in [0, 0.05) is 17.3 Å². The molecule has 100 valence electrons. The van der Waals surface area contributed by atoms with Crippen molar-refractivity contribution in [3.05, 3.63) is 35.0 Å². The monoisotopic (exact) mass is 279 g/mol. The quantitative estimate of drug-likeness (QED) is 0.898. The predicted octanol–water partition coefficient (Wildman–Crippen LogP) is 2.15. The van der Waals surface area contributed by atoms with E-state index < -0.39 is 12.0 Å². The number of aromatic carboxylic acids is 1. The van der Waals surface area contributed by atoms with Crippen molar-refractivity contribution in [2.24, 2.45) is 0 Å². The van der Waals surface area contributed by atoms with E-state index in [1.54, 1.807) is 38.4 Å². The number of aromatic nitrogens is 2. The molecule has 0 fully saturated rings. The highest BCUT2D eigenvalue weighted by Gasteiger charge is 2.20. The number of nitrogens with one attached hydrogen (secondary N) is 1. The molecular weight excluding hydrogens is 266 g/mol. The van der Waals surface area contributed by atoms with E-state index >= 15 is 0 Å². The van der Waals surface area contributed by atoms with Crippen molar-refractivity contribution in [1.82, 2.24) is 9.78 Å². The molecule has 1 unspecified atom stereocenters. The van der Waals surface area contributed by atoms with Gasteiger partial charge in [-0.2, -0.15) is 5.10 Å². The van der Waals surface area contributed by atoms with Crippen molar-refractivity contribution in [3.8, 4) is 0 Å². The van der Waals surface area contributed by atoms with E-state index in [0.717, 1.165) is 4.88 Å². The largest absolute Gasteiger partial charge is 0.478 e. The smallest absolute Gasteiger partial charge is 0.338 e. The summed E-state index contributed by atoms with van der Waals surface area (Å²) in [6, 6.07) is 2.77. The highest BCUT2D eigenvalue weighted by molar-refractivity contribution is 7.16. The molecule has 0 radical (unpaired) electrons. The molecule has 19 heavy (non-hydrogen) atoms. The Morgan fingerprint density at radius 1 is 1.53 bits per heavy atom. The maximum atomic E-state index is 12.0. The standard InChI is InChI=1S/C12H13N3O3S/c1-7-6-9(12(17)18)11(19-7)14-10(16)8(2)15-5-3-4-13-15/h3-6,8H,1-2H3,(H,14,16)(H,17,18). The molecule has 0 bridgehead atoms. The molecular formula is C12H13N3O3S. The predicted molar refractivity (Wildman–Crippen MR) is 71.6 cm³/mol. The zero-order chi connectivity index (χ0) is 14.0. The molecule has 2 N–H and O–H groups in total. The highest BCUT2D eigenvalue weighted by atomic mass is 32.1. The molecule has 2 heterocycles. The summed E-state index contributed by atoms with van der Waals surface area (Å²) in [4.78, 5) is 23.9. The SMILES string of the molecule is Cc1cc(C(=O)O)c(NC(=O)C(C)n2cccn2)s1. The van der Waals surface area contributed by atoms with Crippen LogP contribution in [-0.2, 0) is 4.79 Å². The molecule has 0 aromatic carbocycles. The van der Waals surface area contributed by atoms with Gasteiger partial charge in [0.1, 0.15) is 11.0 Å². The number of aryl methyl sites for hydroxylation is 1. The Hall–Kier alpha value is -2.15. The fourth-order valence-electron chi connectivity index (χ4n) is 1.61. The summed E-state index contributed by atoms with van der Waals surface area (Å²) < 4.78 is 1.51. The zero-order valence-electron chi connectivity index (χ0n) is 10.5. The maximum Gasteiger partial charge on any atom is 0.338 e. The molecule has 2 aromatic rings. The number of anilines is 1. The van der Waals surface area contributed by atoms with E-state index in [1.807, 2.05) is 0 Å². The van der Waals surface area contributed by atoms with Gasteiger partial charge in [-0.05, 0) is 26.0 Å². The second-order valence-corrected chi connectivity index (χ2v) is 5.31. The molecule has 7 heteroatoms. The number of hydrogen-bond donors (Lipinski definition) is 2. The van der Waals surface area contributed by atoms with Crippen molar-refractivity contribution >= 4 is 28.2 Å². The highest BCUT2D eigenvalue weighted by Crippen LogP contribution is 2.28. The van der Waals surface area contributed by atoms with Gasteiger partial charge in [-0.15, -0.1) is 11.3 Å². The molecule has 0 aliphatic carbocycles. The molecule has 0 aliphatic heterocycles. The molecule has 0 spiro atoms. The molecule has 1 amide bonds.